The summed E-state index contributed by atoms with van der Waals surface area (Å²) in [6.45, 7) is 0. The Bertz CT molecular complexity index is 771. The van der Waals surface area contributed by atoms with Crippen LogP contribution in [0, 0.1) is 0 Å². The largest absolute Gasteiger partial charge is 0.342 e. The number of epoxide rings is 1. The number of carbonyl (C=O) groups is 2. The van der Waals surface area contributed by atoms with Crippen LogP contribution in [0.2, 0.25) is 0 Å². The van der Waals surface area contributed by atoms with E-state index in [0.29, 0.717) is 11.3 Å². The van der Waals surface area contributed by atoms with E-state index in [9.17, 15) is 9.59 Å². The smallest absolute Gasteiger partial charge is 0.264 e. The van der Waals surface area contributed by atoms with Gasteiger partial charge in [0.05, 0.1) is 0 Å². The second kappa shape index (κ2) is 4.26. The van der Waals surface area contributed by atoms with Gasteiger partial charge in [-0.3, -0.25) is 9.59 Å². The van der Waals surface area contributed by atoms with Crippen LogP contribution in [0.4, 0.5) is 5.69 Å². The lowest BCUT2D eigenvalue weighted by molar-refractivity contribution is -0.120. The van der Waals surface area contributed by atoms with Crippen molar-refractivity contribution in [2.24, 2.45) is 0 Å². The van der Waals surface area contributed by atoms with Crippen LogP contribution in [0.3, 0.4) is 0 Å². The molecule has 2 atom stereocenters. The minimum Gasteiger partial charge on any atom is -0.342 e. The number of anilines is 1. The molecule has 104 valence electrons. The van der Waals surface area contributed by atoms with Crippen LogP contribution in [0.5, 0.6) is 0 Å². The monoisotopic (exact) mass is 343 g/mol. The van der Waals surface area contributed by atoms with Crippen LogP contribution in [0.25, 0.3) is 0 Å². The molecule has 0 aromatic heterocycles. The second-order valence-corrected chi connectivity index (χ2v) is 6.02. The Labute approximate surface area is 129 Å². The Morgan fingerprint density at radius 1 is 1.14 bits per heavy atom. The van der Waals surface area contributed by atoms with Crippen molar-refractivity contribution in [1.82, 2.24) is 0 Å². The van der Waals surface area contributed by atoms with Gasteiger partial charge in [-0.05, 0) is 18.2 Å². The number of benzene rings is 2. The number of nitrogens with one attached hydrogen (secondary N) is 1. The zero-order chi connectivity index (χ0) is 14.6. The van der Waals surface area contributed by atoms with Crippen molar-refractivity contribution in [1.29, 1.82) is 0 Å². The van der Waals surface area contributed by atoms with Crippen molar-refractivity contribution in [3.63, 3.8) is 0 Å². The van der Waals surface area contributed by atoms with Crippen LogP contribution < -0.4 is 5.32 Å². The molecule has 1 fully saturated rings. The van der Waals surface area contributed by atoms with E-state index in [4.69, 9.17) is 4.74 Å². The summed E-state index contributed by atoms with van der Waals surface area (Å²) in [7, 11) is 0. The van der Waals surface area contributed by atoms with Crippen molar-refractivity contribution in [2.45, 2.75) is 11.7 Å². The minimum atomic E-state index is -1.14. The van der Waals surface area contributed by atoms with E-state index >= 15 is 0 Å². The highest BCUT2D eigenvalue weighted by molar-refractivity contribution is 9.10. The highest BCUT2D eigenvalue weighted by Gasteiger charge is 2.70. The highest BCUT2D eigenvalue weighted by Crippen LogP contribution is 2.54. The van der Waals surface area contributed by atoms with Gasteiger partial charge in [-0.15, -0.1) is 0 Å². The molecule has 2 heterocycles. The molecule has 0 radical (unpaired) electrons. The summed E-state index contributed by atoms with van der Waals surface area (Å²) in [6.07, 6.45) is -0.748. The van der Waals surface area contributed by atoms with Gasteiger partial charge in [-0.2, -0.15) is 0 Å². The fourth-order valence-corrected chi connectivity index (χ4v) is 3.05. The molecular formula is C16H10BrNO3. The van der Waals surface area contributed by atoms with Gasteiger partial charge in [0.25, 0.3) is 5.91 Å². The van der Waals surface area contributed by atoms with E-state index in [-0.39, 0.29) is 11.7 Å². The molecule has 1 saturated heterocycles. The second-order valence-electron chi connectivity index (χ2n) is 5.10. The summed E-state index contributed by atoms with van der Waals surface area (Å²) in [6, 6.07) is 14.3. The molecule has 1 spiro atoms. The van der Waals surface area contributed by atoms with Crippen LogP contribution in [0.1, 0.15) is 15.9 Å². The third-order valence-corrected chi connectivity index (χ3v) is 4.42. The maximum Gasteiger partial charge on any atom is 0.264 e. The fourth-order valence-electron chi connectivity index (χ4n) is 2.79. The molecule has 4 nitrogen and oxygen atoms in total. The van der Waals surface area contributed by atoms with Gasteiger partial charge in [-0.25, -0.2) is 0 Å². The topological polar surface area (TPSA) is 58.7 Å². The zero-order valence-electron chi connectivity index (χ0n) is 10.8. The Hall–Kier alpha value is -1.98. The molecule has 2 aromatic carbocycles. The Balaban J connectivity index is 1.70. The molecule has 0 saturated carbocycles. The number of carbonyl (C=O) groups excluding carboxylic acids is 2. The third kappa shape index (κ3) is 1.71. The lowest BCUT2D eigenvalue weighted by atomic mass is 9.92. The molecule has 1 N–H and O–H groups in total. The summed E-state index contributed by atoms with van der Waals surface area (Å²) in [5.41, 5.74) is 0.858. The lowest BCUT2D eigenvalue weighted by Gasteiger charge is -2.02. The van der Waals surface area contributed by atoms with Crippen molar-refractivity contribution >= 4 is 33.3 Å². The maximum absolute atomic E-state index is 12.5. The molecule has 0 aliphatic carbocycles. The predicted octanol–water partition coefficient (Wildman–Crippen LogP) is 2.88. The molecule has 1 amide bonds. The molecule has 2 aromatic rings. The number of hydrogen-bond donors (Lipinski definition) is 1. The Kier molecular flexibility index (Phi) is 2.58. The highest BCUT2D eigenvalue weighted by atomic mass is 79.9. The number of ether oxygens (including phenoxy) is 1. The van der Waals surface area contributed by atoms with Crippen LogP contribution in [-0.2, 0) is 15.1 Å². The van der Waals surface area contributed by atoms with Gasteiger partial charge in [0.1, 0.15) is 0 Å². The standard InChI is InChI=1S/C16H10BrNO3/c17-10-7-5-9(6-8-10)13(19)14-16(21-14)11-3-1-2-4-12(11)18-15(16)20/h1-8,14H,(H,18,20)/t14-,16-/m1/s1. The molecule has 5 heteroatoms. The molecule has 0 unspecified atom stereocenters. The van der Waals surface area contributed by atoms with Crippen LogP contribution in [-0.4, -0.2) is 17.8 Å². The van der Waals surface area contributed by atoms with E-state index in [1.807, 2.05) is 24.3 Å². The Morgan fingerprint density at radius 2 is 1.86 bits per heavy atom. The SMILES string of the molecule is O=C(c1ccc(Br)cc1)[C@H]1O[C@@]12C(=O)Nc1ccccc12. The number of amides is 1. The lowest BCUT2D eigenvalue weighted by Crippen LogP contribution is -2.27. The normalized spacial score (nSPS) is 25.6. The first kappa shape index (κ1) is 12.7. The quantitative estimate of drug-likeness (QED) is 0.673. The number of hydrogen-bond acceptors (Lipinski definition) is 3. The first-order valence-electron chi connectivity index (χ1n) is 6.51. The first-order chi connectivity index (χ1) is 10.1. The van der Waals surface area contributed by atoms with Crippen LogP contribution >= 0.6 is 15.9 Å². The number of ketones is 1. The van der Waals surface area contributed by atoms with Gasteiger partial charge >= 0.3 is 0 Å². The van der Waals surface area contributed by atoms with E-state index in [0.717, 1.165) is 10.0 Å². The number of Topliss-reactive ketones (excluding diaryl/α,β-unsaturated/α-hetero) is 1. The molecule has 4 rings (SSSR count). The van der Waals surface area contributed by atoms with Crippen molar-refractivity contribution in [3.05, 3.63) is 64.1 Å². The molecule has 21 heavy (non-hydrogen) atoms. The summed E-state index contributed by atoms with van der Waals surface area (Å²) in [5.74, 6) is -0.437. The zero-order valence-corrected chi connectivity index (χ0v) is 12.4. The number of fused-ring (bicyclic) bond motifs is 2. The number of para-hydroxylation sites is 1. The van der Waals surface area contributed by atoms with Crippen LogP contribution in [0.15, 0.2) is 53.0 Å². The molecule has 2 aliphatic rings. The number of rotatable bonds is 2. The van der Waals surface area contributed by atoms with E-state index in [1.165, 1.54) is 0 Å². The van der Waals surface area contributed by atoms with Gasteiger partial charge < -0.3 is 10.1 Å². The van der Waals surface area contributed by atoms with E-state index in [2.05, 4.69) is 21.2 Å². The molecular weight excluding hydrogens is 334 g/mol. The summed E-state index contributed by atoms with van der Waals surface area (Å²) in [5, 5.41) is 2.77. The average Bonchev–Trinajstić information content (AvgIpc) is 3.18. The first-order valence-corrected chi connectivity index (χ1v) is 7.31. The Morgan fingerprint density at radius 3 is 2.62 bits per heavy atom. The molecule has 2 aliphatic heterocycles. The third-order valence-electron chi connectivity index (χ3n) is 3.90. The van der Waals surface area contributed by atoms with E-state index < -0.39 is 11.7 Å². The molecule has 0 bridgehead atoms. The minimum absolute atomic E-state index is 0.172. The van der Waals surface area contributed by atoms with Gasteiger partial charge in [0, 0.05) is 21.3 Å². The average molecular weight is 344 g/mol. The van der Waals surface area contributed by atoms with E-state index in [1.54, 1.807) is 24.3 Å². The van der Waals surface area contributed by atoms with Crippen molar-refractivity contribution in [3.8, 4) is 0 Å². The predicted molar refractivity (Wildman–Crippen MR) is 80.1 cm³/mol. The van der Waals surface area contributed by atoms with Gasteiger partial charge in [0.2, 0.25) is 5.60 Å². The van der Waals surface area contributed by atoms with Gasteiger partial charge in [0.15, 0.2) is 11.9 Å². The van der Waals surface area contributed by atoms with Crippen molar-refractivity contribution in [2.75, 3.05) is 5.32 Å². The number of halogens is 1. The van der Waals surface area contributed by atoms with Crippen molar-refractivity contribution < 1.29 is 14.3 Å². The summed E-state index contributed by atoms with van der Waals surface area (Å²) >= 11 is 3.33. The summed E-state index contributed by atoms with van der Waals surface area (Å²) < 4.78 is 6.47. The van der Waals surface area contributed by atoms with Gasteiger partial charge in [-0.1, -0.05) is 46.3 Å². The summed E-state index contributed by atoms with van der Waals surface area (Å²) in [4.78, 5) is 24.7. The fraction of sp³-hybridized carbons (Fsp3) is 0.125. The maximum atomic E-state index is 12.5.